The summed E-state index contributed by atoms with van der Waals surface area (Å²) >= 11 is 0. The third-order valence-corrected chi connectivity index (χ3v) is 3.09. The lowest BCUT2D eigenvalue weighted by atomic mass is 10.1. The summed E-state index contributed by atoms with van der Waals surface area (Å²) in [5.41, 5.74) is 0. The summed E-state index contributed by atoms with van der Waals surface area (Å²) in [4.78, 5) is 24.6. The predicted molar refractivity (Wildman–Crippen MR) is 63.0 cm³/mol. The summed E-state index contributed by atoms with van der Waals surface area (Å²) < 4.78 is 0. The number of nitrogens with zero attached hydrogens (tertiary/aromatic N) is 4. The quantitative estimate of drug-likeness (QED) is 0.693. The molecule has 0 spiro atoms. The summed E-state index contributed by atoms with van der Waals surface area (Å²) in [6.07, 6.45) is 3.08. The van der Waals surface area contributed by atoms with Crippen LogP contribution in [0.1, 0.15) is 31.5 Å². The number of urea groups is 1. The molecule has 19 heavy (non-hydrogen) atoms. The molecule has 1 saturated heterocycles. The number of aliphatic carboxylic acids is 1. The van der Waals surface area contributed by atoms with Gasteiger partial charge in [-0.2, -0.15) is 5.21 Å². The smallest absolute Gasteiger partial charge is 0.326 e. The molecule has 0 aliphatic carbocycles. The molecule has 0 radical (unpaired) electrons. The van der Waals surface area contributed by atoms with Gasteiger partial charge in [-0.25, -0.2) is 9.59 Å². The normalized spacial score (nSPS) is 19.8. The molecule has 1 aromatic heterocycles. The van der Waals surface area contributed by atoms with Crippen molar-refractivity contribution in [2.45, 2.75) is 38.3 Å². The molecule has 2 rings (SSSR count). The van der Waals surface area contributed by atoms with Crippen molar-refractivity contribution in [3.8, 4) is 0 Å². The van der Waals surface area contributed by atoms with E-state index in [-0.39, 0.29) is 6.54 Å². The number of aromatic amines is 1. The van der Waals surface area contributed by atoms with Gasteiger partial charge in [-0.15, -0.1) is 10.2 Å². The number of carbonyl (C=O) groups excluding carboxylic acids is 1. The molecule has 3 N–H and O–H groups in total. The Morgan fingerprint density at radius 3 is 2.95 bits per heavy atom. The Morgan fingerprint density at radius 2 is 2.26 bits per heavy atom. The minimum absolute atomic E-state index is 0.123. The zero-order valence-corrected chi connectivity index (χ0v) is 10.4. The number of aromatic nitrogens is 4. The molecule has 0 saturated carbocycles. The fraction of sp³-hybridized carbons (Fsp3) is 0.700. The number of amides is 2. The highest BCUT2D eigenvalue weighted by molar-refractivity contribution is 5.82. The number of hydrogen-bond acceptors (Lipinski definition) is 5. The molecule has 1 aromatic rings. The third-order valence-electron chi connectivity index (χ3n) is 3.09. The minimum Gasteiger partial charge on any atom is -0.480 e. The Labute approximate surface area is 109 Å². The first kappa shape index (κ1) is 13.2. The fourth-order valence-electron chi connectivity index (χ4n) is 2.12. The van der Waals surface area contributed by atoms with Gasteiger partial charge in [-0.1, -0.05) is 18.1 Å². The van der Waals surface area contributed by atoms with Crippen LogP contribution < -0.4 is 5.32 Å². The van der Waals surface area contributed by atoms with Gasteiger partial charge >= 0.3 is 12.0 Å². The van der Waals surface area contributed by atoms with E-state index in [9.17, 15) is 14.7 Å². The van der Waals surface area contributed by atoms with Gasteiger partial charge in [0.1, 0.15) is 6.04 Å². The average molecular weight is 268 g/mol. The van der Waals surface area contributed by atoms with Crippen molar-refractivity contribution in [2.24, 2.45) is 0 Å². The number of carboxylic acids is 1. The van der Waals surface area contributed by atoms with Crippen molar-refractivity contribution in [3.05, 3.63) is 5.82 Å². The van der Waals surface area contributed by atoms with E-state index >= 15 is 0 Å². The summed E-state index contributed by atoms with van der Waals surface area (Å²) in [7, 11) is 0. The Morgan fingerprint density at radius 1 is 1.42 bits per heavy atom. The zero-order valence-electron chi connectivity index (χ0n) is 10.4. The Balaban J connectivity index is 1.96. The van der Waals surface area contributed by atoms with E-state index in [1.54, 1.807) is 0 Å². The Kier molecular flexibility index (Phi) is 4.26. The highest BCUT2D eigenvalue weighted by Gasteiger charge is 2.30. The molecule has 2 amide bonds. The van der Waals surface area contributed by atoms with Crippen LogP contribution in [0.3, 0.4) is 0 Å². The van der Waals surface area contributed by atoms with E-state index < -0.39 is 18.0 Å². The first-order chi connectivity index (χ1) is 9.18. The van der Waals surface area contributed by atoms with Crippen LogP contribution in [0.2, 0.25) is 0 Å². The van der Waals surface area contributed by atoms with Gasteiger partial charge in [0.15, 0.2) is 5.82 Å². The highest BCUT2D eigenvalue weighted by atomic mass is 16.4. The number of H-pyrrole nitrogens is 1. The Hall–Kier alpha value is -2.19. The van der Waals surface area contributed by atoms with Crippen molar-refractivity contribution in [1.29, 1.82) is 0 Å². The van der Waals surface area contributed by atoms with Crippen LogP contribution in [0, 0.1) is 0 Å². The lowest BCUT2D eigenvalue weighted by Crippen LogP contribution is -2.49. The number of likely N-dealkylation sites (tertiary alicyclic amines) is 1. The SMILES string of the molecule is O=C(O)C1CCCCCN1C(=O)NCc1nn[nH]n1. The Bertz CT molecular complexity index is 434. The van der Waals surface area contributed by atoms with Crippen molar-refractivity contribution in [1.82, 2.24) is 30.8 Å². The van der Waals surface area contributed by atoms with Crippen LogP contribution in [0.15, 0.2) is 0 Å². The van der Waals surface area contributed by atoms with E-state index in [0.717, 1.165) is 19.3 Å². The molecular weight excluding hydrogens is 252 g/mol. The summed E-state index contributed by atoms with van der Waals surface area (Å²) in [6, 6.07) is -1.16. The van der Waals surface area contributed by atoms with Crippen LogP contribution in [-0.2, 0) is 11.3 Å². The van der Waals surface area contributed by atoms with E-state index in [1.807, 2.05) is 0 Å². The molecule has 1 aliphatic heterocycles. The number of rotatable bonds is 3. The second-order valence-electron chi connectivity index (χ2n) is 4.38. The molecule has 0 aromatic carbocycles. The summed E-state index contributed by atoms with van der Waals surface area (Å²) in [5, 5.41) is 24.9. The van der Waals surface area contributed by atoms with Gasteiger partial charge < -0.3 is 15.3 Å². The molecule has 2 heterocycles. The van der Waals surface area contributed by atoms with Gasteiger partial charge in [0.05, 0.1) is 6.54 Å². The maximum atomic E-state index is 12.0. The number of carbonyl (C=O) groups is 2. The van der Waals surface area contributed by atoms with Crippen LogP contribution in [0.4, 0.5) is 4.79 Å². The van der Waals surface area contributed by atoms with Crippen LogP contribution in [0.25, 0.3) is 0 Å². The van der Waals surface area contributed by atoms with Crippen molar-refractivity contribution in [2.75, 3.05) is 6.54 Å². The molecule has 9 heteroatoms. The molecule has 1 fully saturated rings. The van der Waals surface area contributed by atoms with Gasteiger partial charge in [0, 0.05) is 6.54 Å². The number of nitrogens with one attached hydrogen (secondary N) is 2. The first-order valence-corrected chi connectivity index (χ1v) is 6.18. The maximum Gasteiger partial charge on any atom is 0.326 e. The number of tetrazole rings is 1. The van der Waals surface area contributed by atoms with Gasteiger partial charge in [-0.3, -0.25) is 0 Å². The summed E-state index contributed by atoms with van der Waals surface area (Å²) in [5.74, 6) is -0.605. The van der Waals surface area contributed by atoms with Crippen LogP contribution >= 0.6 is 0 Å². The fourth-order valence-corrected chi connectivity index (χ4v) is 2.12. The minimum atomic E-state index is -0.961. The lowest BCUT2D eigenvalue weighted by molar-refractivity contribution is -0.142. The van der Waals surface area contributed by atoms with Crippen molar-refractivity contribution >= 4 is 12.0 Å². The van der Waals surface area contributed by atoms with E-state index in [1.165, 1.54) is 4.90 Å². The highest BCUT2D eigenvalue weighted by Crippen LogP contribution is 2.17. The molecule has 1 atom stereocenters. The first-order valence-electron chi connectivity index (χ1n) is 6.18. The number of carboxylic acid groups (broad SMARTS) is 1. The molecule has 0 bridgehead atoms. The van der Waals surface area contributed by atoms with E-state index in [4.69, 9.17) is 0 Å². The molecular formula is C10H16N6O3. The van der Waals surface area contributed by atoms with Crippen molar-refractivity contribution in [3.63, 3.8) is 0 Å². The molecule has 1 aliphatic rings. The van der Waals surface area contributed by atoms with Crippen LogP contribution in [0.5, 0.6) is 0 Å². The largest absolute Gasteiger partial charge is 0.480 e. The number of hydrogen-bond donors (Lipinski definition) is 3. The monoisotopic (exact) mass is 268 g/mol. The second kappa shape index (κ2) is 6.12. The zero-order chi connectivity index (χ0) is 13.7. The summed E-state index contributed by atoms with van der Waals surface area (Å²) in [6.45, 7) is 0.577. The molecule has 9 nitrogen and oxygen atoms in total. The van der Waals surface area contributed by atoms with Gasteiger partial charge in [0.2, 0.25) is 0 Å². The maximum absolute atomic E-state index is 12.0. The van der Waals surface area contributed by atoms with Gasteiger partial charge in [0.25, 0.3) is 0 Å². The predicted octanol–water partition coefficient (Wildman–Crippen LogP) is -0.262. The standard InChI is InChI=1S/C10H16N6O3/c17-9(18)7-4-2-1-3-5-16(7)10(19)11-6-8-12-14-15-13-8/h7H,1-6H2,(H,11,19)(H,17,18)(H,12,13,14,15). The molecule has 1 unspecified atom stereocenters. The average Bonchev–Trinajstić information content (AvgIpc) is 2.77. The third kappa shape index (κ3) is 3.39. The lowest BCUT2D eigenvalue weighted by Gasteiger charge is -2.26. The second-order valence-corrected chi connectivity index (χ2v) is 4.38. The van der Waals surface area contributed by atoms with E-state index in [0.29, 0.717) is 18.8 Å². The topological polar surface area (TPSA) is 124 Å². The van der Waals surface area contributed by atoms with E-state index in [2.05, 4.69) is 25.9 Å². The van der Waals surface area contributed by atoms with Crippen LogP contribution in [-0.4, -0.2) is 55.2 Å². The van der Waals surface area contributed by atoms with Crippen molar-refractivity contribution < 1.29 is 14.7 Å². The van der Waals surface area contributed by atoms with Gasteiger partial charge in [-0.05, 0) is 12.8 Å². The molecule has 104 valence electrons.